The van der Waals surface area contributed by atoms with Crippen molar-refractivity contribution in [3.05, 3.63) is 18.0 Å². The van der Waals surface area contributed by atoms with Crippen molar-refractivity contribution in [1.82, 2.24) is 9.78 Å². The molecule has 1 heterocycles. The van der Waals surface area contributed by atoms with Crippen LogP contribution in [0.15, 0.2) is 12.3 Å². The molecule has 0 aliphatic heterocycles. The van der Waals surface area contributed by atoms with Crippen molar-refractivity contribution in [2.24, 2.45) is 52.3 Å². The Morgan fingerprint density at radius 1 is 1.12 bits per heavy atom. The van der Waals surface area contributed by atoms with Gasteiger partial charge in [0.05, 0.1) is 6.20 Å². The van der Waals surface area contributed by atoms with Gasteiger partial charge in [-0.25, -0.2) is 0 Å². The van der Waals surface area contributed by atoms with E-state index < -0.39 is 0 Å². The molecule has 1 aromatic rings. The number of ether oxygens (including phenoxy) is 1. The van der Waals surface area contributed by atoms with Gasteiger partial charge in [-0.1, -0.05) is 20.8 Å². The van der Waals surface area contributed by atoms with E-state index >= 15 is 0 Å². The minimum Gasteiger partial charge on any atom is -0.381 e. The summed E-state index contributed by atoms with van der Waals surface area (Å²) < 4.78 is 7.77. The normalized spacial score (nSPS) is 43.2. The highest BCUT2D eigenvalue weighted by molar-refractivity contribution is 5.18. The Morgan fingerprint density at radius 3 is 2.70 bits per heavy atom. The number of fused-ring (bicyclic) bond motifs is 5. The monoisotopic (exact) mass is 451 g/mol. The van der Waals surface area contributed by atoms with Crippen LogP contribution >= 0.6 is 0 Å². The predicted octanol–water partition coefficient (Wildman–Crippen LogP) is 6.70. The summed E-state index contributed by atoms with van der Waals surface area (Å²) >= 11 is 0. The summed E-state index contributed by atoms with van der Waals surface area (Å²) in [6.45, 7) is 12.6. The van der Waals surface area contributed by atoms with E-state index in [-0.39, 0.29) is 0 Å². The average Bonchev–Trinajstić information content (AvgIpc) is 3.40. The lowest BCUT2D eigenvalue weighted by Gasteiger charge is -2.61. The van der Waals surface area contributed by atoms with Crippen molar-refractivity contribution in [2.75, 3.05) is 13.2 Å². The number of hydrogen-bond donors (Lipinski definition) is 0. The highest BCUT2D eigenvalue weighted by Crippen LogP contribution is 2.68. The first-order valence-corrected chi connectivity index (χ1v) is 13.9. The topological polar surface area (TPSA) is 50.8 Å². The molecule has 0 radical (unpaired) electrons. The largest absolute Gasteiger partial charge is 0.381 e. The first kappa shape index (κ1) is 23.4. The zero-order chi connectivity index (χ0) is 23.2. The van der Waals surface area contributed by atoms with Crippen LogP contribution < -0.4 is 0 Å². The molecule has 9 atom stereocenters. The third-order valence-electron chi connectivity index (χ3n) is 11.4. The van der Waals surface area contributed by atoms with Crippen molar-refractivity contribution in [2.45, 2.75) is 92.0 Å². The lowest BCUT2D eigenvalue weighted by atomic mass is 9.44. The highest BCUT2D eigenvalue weighted by atomic mass is 16.5. The molecule has 0 N–H and O–H groups in total. The van der Waals surface area contributed by atoms with Gasteiger partial charge >= 0.3 is 0 Å². The second-order valence-corrected chi connectivity index (χ2v) is 12.7. The van der Waals surface area contributed by atoms with Crippen LogP contribution in [0.3, 0.4) is 0 Å². The summed E-state index contributed by atoms with van der Waals surface area (Å²) in [7, 11) is 0. The van der Waals surface area contributed by atoms with Gasteiger partial charge in [-0.15, -0.1) is 0 Å². The second-order valence-electron chi connectivity index (χ2n) is 12.7. The maximum Gasteiger partial charge on any atom is 0.138 e. The van der Waals surface area contributed by atoms with E-state index in [1.54, 1.807) is 6.20 Å². The number of nitriles is 1. The molecule has 4 aliphatic carbocycles. The molecular formula is C29H45N3O. The SMILES string of the molecule is CCOC[C@H]1CC[C@]2(C)C3CC[C@@]4(C)C(CCC4[C@@H](C)Cn4nccc4C#N)[C@@H]3CC[C@@H]2C1. The van der Waals surface area contributed by atoms with Crippen LogP contribution in [0.2, 0.25) is 0 Å². The summed E-state index contributed by atoms with van der Waals surface area (Å²) in [6, 6.07) is 4.16. The van der Waals surface area contributed by atoms with Gasteiger partial charge in [-0.3, -0.25) is 4.68 Å². The summed E-state index contributed by atoms with van der Waals surface area (Å²) in [6.07, 6.45) is 14.5. The lowest BCUT2D eigenvalue weighted by molar-refractivity contribution is -0.125. The predicted molar refractivity (Wildman–Crippen MR) is 131 cm³/mol. The van der Waals surface area contributed by atoms with E-state index in [4.69, 9.17) is 4.74 Å². The maximum absolute atomic E-state index is 9.41. The molecule has 4 nitrogen and oxygen atoms in total. The van der Waals surface area contributed by atoms with Crippen molar-refractivity contribution in [1.29, 1.82) is 5.26 Å². The Labute approximate surface area is 201 Å². The Kier molecular flexibility index (Phi) is 6.40. The Bertz CT molecular complexity index is 872. The quantitative estimate of drug-likeness (QED) is 0.483. The fourth-order valence-corrected chi connectivity index (χ4v) is 9.73. The summed E-state index contributed by atoms with van der Waals surface area (Å²) in [4.78, 5) is 0. The van der Waals surface area contributed by atoms with E-state index in [9.17, 15) is 5.26 Å². The fourth-order valence-electron chi connectivity index (χ4n) is 9.73. The molecular weight excluding hydrogens is 406 g/mol. The minimum absolute atomic E-state index is 0.468. The standard InChI is InChI=1S/C29H45N3O/c1-5-33-19-21-10-13-28(3)22(16-21)6-7-24-26-9-8-25(29(26,4)14-11-27(24)28)20(2)18-32-23(17-30)12-15-31-32/h12,15,20-22,24-27H,5-11,13-14,16,18-19H2,1-4H3/t20-,21-,22+,24-,25?,26?,27?,28-,29+/m0/s1. The molecule has 0 spiro atoms. The minimum atomic E-state index is 0.468. The van der Waals surface area contributed by atoms with Crippen LogP contribution in [0.1, 0.15) is 91.2 Å². The molecule has 4 saturated carbocycles. The van der Waals surface area contributed by atoms with E-state index in [1.807, 2.05) is 10.7 Å². The van der Waals surface area contributed by atoms with E-state index in [2.05, 4.69) is 38.9 Å². The zero-order valence-electron chi connectivity index (χ0n) is 21.4. The number of aromatic nitrogens is 2. The van der Waals surface area contributed by atoms with Gasteiger partial charge in [-0.2, -0.15) is 10.4 Å². The van der Waals surface area contributed by atoms with Gasteiger partial charge in [0.25, 0.3) is 0 Å². The number of rotatable bonds is 6. The molecule has 5 rings (SSSR count). The van der Waals surface area contributed by atoms with Crippen LogP contribution in [0.25, 0.3) is 0 Å². The van der Waals surface area contributed by atoms with Gasteiger partial charge in [0.2, 0.25) is 0 Å². The van der Waals surface area contributed by atoms with Crippen LogP contribution in [0.5, 0.6) is 0 Å². The van der Waals surface area contributed by atoms with Crippen molar-refractivity contribution in [3.63, 3.8) is 0 Å². The van der Waals surface area contributed by atoms with Crippen molar-refractivity contribution < 1.29 is 4.74 Å². The van der Waals surface area contributed by atoms with Gasteiger partial charge in [0.1, 0.15) is 11.8 Å². The molecule has 0 aromatic carbocycles. The molecule has 4 fully saturated rings. The lowest BCUT2D eigenvalue weighted by Crippen LogP contribution is -2.54. The number of nitrogens with zero attached hydrogens (tertiary/aromatic N) is 3. The molecule has 4 aliphatic rings. The molecule has 0 bridgehead atoms. The van der Waals surface area contributed by atoms with Gasteiger partial charge in [-0.05, 0) is 123 Å². The van der Waals surface area contributed by atoms with Crippen molar-refractivity contribution in [3.8, 4) is 6.07 Å². The Morgan fingerprint density at radius 2 is 1.91 bits per heavy atom. The number of hydrogen-bond acceptors (Lipinski definition) is 3. The molecule has 0 amide bonds. The van der Waals surface area contributed by atoms with E-state index in [0.717, 1.165) is 55.3 Å². The highest BCUT2D eigenvalue weighted by Gasteiger charge is 2.60. The fraction of sp³-hybridized carbons (Fsp3) is 0.862. The van der Waals surface area contributed by atoms with Crippen LogP contribution in [-0.4, -0.2) is 23.0 Å². The maximum atomic E-state index is 9.41. The smallest absolute Gasteiger partial charge is 0.138 e. The van der Waals surface area contributed by atoms with E-state index in [1.165, 1.54) is 57.8 Å². The summed E-state index contributed by atoms with van der Waals surface area (Å²) in [5, 5.41) is 13.9. The molecule has 0 saturated heterocycles. The zero-order valence-corrected chi connectivity index (χ0v) is 21.4. The molecule has 1 aromatic heterocycles. The second kappa shape index (κ2) is 9.03. The van der Waals surface area contributed by atoms with Crippen LogP contribution in [0, 0.1) is 63.6 Å². The molecule has 3 unspecified atom stereocenters. The first-order chi connectivity index (χ1) is 15.9. The van der Waals surface area contributed by atoms with Crippen LogP contribution in [0.4, 0.5) is 0 Å². The van der Waals surface area contributed by atoms with Crippen molar-refractivity contribution >= 4 is 0 Å². The molecule has 182 valence electrons. The average molecular weight is 452 g/mol. The molecule has 4 heteroatoms. The Balaban J connectivity index is 1.29. The first-order valence-electron chi connectivity index (χ1n) is 13.9. The van der Waals surface area contributed by atoms with Gasteiger partial charge < -0.3 is 4.74 Å². The Hall–Kier alpha value is -1.34. The summed E-state index contributed by atoms with van der Waals surface area (Å²) in [5.74, 6) is 5.82. The summed E-state index contributed by atoms with van der Waals surface area (Å²) in [5.41, 5.74) is 1.74. The third kappa shape index (κ3) is 3.87. The van der Waals surface area contributed by atoms with Crippen LogP contribution in [-0.2, 0) is 11.3 Å². The van der Waals surface area contributed by atoms with Gasteiger partial charge in [0.15, 0.2) is 0 Å². The van der Waals surface area contributed by atoms with E-state index in [0.29, 0.717) is 22.4 Å². The molecule has 33 heavy (non-hydrogen) atoms. The van der Waals surface area contributed by atoms with Gasteiger partial charge in [0, 0.05) is 19.8 Å². The third-order valence-corrected chi connectivity index (χ3v) is 11.4.